The van der Waals surface area contributed by atoms with Crippen LogP contribution in [0.4, 0.5) is 0 Å². The lowest BCUT2D eigenvalue weighted by molar-refractivity contribution is -0.154. The van der Waals surface area contributed by atoms with Crippen LogP contribution in [0.1, 0.15) is 33.9 Å². The van der Waals surface area contributed by atoms with Gasteiger partial charge in [0, 0.05) is 12.3 Å². The number of nitrogens with zero attached hydrogens (tertiary/aromatic N) is 1. The molecule has 1 aromatic heterocycles. The number of carbonyl (C=O) groups excluding carboxylic acids is 2. The molecule has 0 bridgehead atoms. The van der Waals surface area contributed by atoms with Gasteiger partial charge in [-0.15, -0.1) is 4.52 Å². The molecule has 13 nitrogen and oxygen atoms in total. The molecule has 190 valence electrons. The minimum Gasteiger partial charge on any atom is -0.462 e. The summed E-state index contributed by atoms with van der Waals surface area (Å²) in [5.41, 5.74) is 4.11. The van der Waals surface area contributed by atoms with E-state index < -0.39 is 72.3 Å². The fourth-order valence-electron chi connectivity index (χ4n) is 2.82. The summed E-state index contributed by atoms with van der Waals surface area (Å²) in [4.78, 5) is 49.8. The summed E-state index contributed by atoms with van der Waals surface area (Å²) in [5.74, 6) is -1.44. The third-order valence-electron chi connectivity index (χ3n) is 4.43. The summed E-state index contributed by atoms with van der Waals surface area (Å²) >= 11 is 9.83. The predicted octanol–water partition coefficient (Wildman–Crippen LogP) is 0.627. The van der Waals surface area contributed by atoms with Crippen LogP contribution >= 0.6 is 35.7 Å². The minimum absolute atomic E-state index is 0.355. The Morgan fingerprint density at radius 3 is 2.56 bits per heavy atom. The van der Waals surface area contributed by atoms with Crippen molar-refractivity contribution in [1.82, 2.24) is 14.6 Å². The van der Waals surface area contributed by atoms with Crippen molar-refractivity contribution in [2.45, 2.75) is 68.1 Å². The van der Waals surface area contributed by atoms with E-state index in [0.717, 1.165) is 16.8 Å². The molecule has 0 spiro atoms. The Balaban J connectivity index is 2.20. The Bertz CT molecular complexity index is 1030. The molecule has 16 heteroatoms. The number of hydrogen-bond donors (Lipinski definition) is 3. The topological polar surface area (TPSA) is 181 Å². The van der Waals surface area contributed by atoms with E-state index in [0.29, 0.717) is 0 Å². The van der Waals surface area contributed by atoms with Crippen molar-refractivity contribution in [2.24, 2.45) is 5.73 Å². The highest BCUT2D eigenvalue weighted by Gasteiger charge is 2.59. The van der Waals surface area contributed by atoms with E-state index in [4.69, 9.17) is 36.1 Å². The molecule has 1 aromatic rings. The van der Waals surface area contributed by atoms with Gasteiger partial charge in [0.05, 0.1) is 6.10 Å². The van der Waals surface area contributed by atoms with Crippen molar-refractivity contribution in [1.29, 1.82) is 0 Å². The van der Waals surface area contributed by atoms with Crippen LogP contribution in [0.2, 0.25) is 0 Å². The predicted molar refractivity (Wildman–Crippen MR) is 124 cm³/mol. The number of H-pyrrole nitrogens is 1. The van der Waals surface area contributed by atoms with Crippen LogP contribution in [-0.4, -0.2) is 62.3 Å². The molecule has 2 heterocycles. The number of aromatic nitrogens is 2. The van der Waals surface area contributed by atoms with Crippen molar-refractivity contribution in [2.75, 3.05) is 6.61 Å². The third-order valence-corrected chi connectivity index (χ3v) is 6.66. The Morgan fingerprint density at radius 2 is 2.00 bits per heavy atom. The van der Waals surface area contributed by atoms with Gasteiger partial charge < -0.3 is 19.9 Å². The molecule has 0 amide bonds. The second kappa shape index (κ2) is 11.8. The molecule has 1 unspecified atom stereocenters. The zero-order valence-electron chi connectivity index (χ0n) is 18.7. The van der Waals surface area contributed by atoms with Gasteiger partial charge in [-0.05, 0) is 32.3 Å². The Labute approximate surface area is 208 Å². The lowest BCUT2D eigenvalue weighted by Gasteiger charge is -2.27. The minimum atomic E-state index is -2.58. The highest BCUT2D eigenvalue weighted by Crippen LogP contribution is 2.49. The second-order valence-corrected chi connectivity index (χ2v) is 11.2. The Hall–Kier alpha value is -1.67. The number of aromatic amines is 1. The largest absolute Gasteiger partial charge is 0.613 e. The molecule has 1 aliphatic heterocycles. The molecule has 0 aromatic carbocycles. The average Bonchev–Trinajstić information content (AvgIpc) is 2.95. The molecule has 7 atom stereocenters. The molecule has 0 aliphatic carbocycles. The zero-order valence-corrected chi connectivity index (χ0v) is 22.0. The van der Waals surface area contributed by atoms with E-state index in [1.807, 2.05) is 0 Å². The summed E-state index contributed by atoms with van der Waals surface area (Å²) in [6, 6.07) is -0.851. The van der Waals surface area contributed by atoms with E-state index in [1.54, 1.807) is 13.8 Å². The van der Waals surface area contributed by atoms with E-state index in [9.17, 15) is 23.7 Å². The third kappa shape index (κ3) is 7.17. The van der Waals surface area contributed by atoms with E-state index in [2.05, 4.69) is 26.0 Å². The van der Waals surface area contributed by atoms with Gasteiger partial charge in [0.25, 0.3) is 5.56 Å². The van der Waals surface area contributed by atoms with Crippen molar-refractivity contribution >= 4 is 47.6 Å². The SMILES string of the molecule is CC(C)OC(=O)[C@H](C)N[P+](=O)OC[C@H]1O[C@@H](n2ccc(=O)[nH]c2=O)[C@](Cl)(Br)[C@@H]1OC(=O)[C@H](C)N. The van der Waals surface area contributed by atoms with Crippen molar-refractivity contribution < 1.29 is 32.9 Å². The maximum atomic E-state index is 12.3. The molecule has 1 fully saturated rings. The van der Waals surface area contributed by atoms with Crippen LogP contribution in [-0.2, 0) is 32.9 Å². The summed E-state index contributed by atoms with van der Waals surface area (Å²) in [7, 11) is -2.58. The molecule has 0 radical (unpaired) electrons. The van der Waals surface area contributed by atoms with Crippen LogP contribution < -0.4 is 22.1 Å². The Kier molecular flexibility index (Phi) is 9.95. The van der Waals surface area contributed by atoms with Crippen molar-refractivity contribution in [3.8, 4) is 0 Å². The summed E-state index contributed by atoms with van der Waals surface area (Å²) in [6.07, 6.45) is -2.86. The zero-order chi connectivity index (χ0) is 25.8. The standard InChI is InChI=1S/C18H25BrClN4O9P/c1-8(2)31-15(27)10(4)23-34(29)30-7-11-13(33-14(26)9(3)21)18(19,20)16(32-11)24-6-5-12(25)22-17(24)28/h5-6,8-11,13,16H,7,21H2,1-4H3,(H-,22,23,25,28,29)/p+1/t9-,10-,11+,13+,16+,18-/m0/s1. The van der Waals surface area contributed by atoms with E-state index >= 15 is 0 Å². The first-order chi connectivity index (χ1) is 15.7. The quantitative estimate of drug-likeness (QED) is 0.198. The number of esters is 2. The van der Waals surface area contributed by atoms with Gasteiger partial charge >= 0.3 is 25.8 Å². The number of carbonyl (C=O) groups is 2. The van der Waals surface area contributed by atoms with Gasteiger partial charge in [0.1, 0.15) is 24.8 Å². The summed E-state index contributed by atoms with van der Waals surface area (Å²) < 4.78 is 33.1. The molecule has 1 saturated heterocycles. The van der Waals surface area contributed by atoms with Crippen LogP contribution in [0.15, 0.2) is 21.9 Å². The first kappa shape index (κ1) is 28.6. The van der Waals surface area contributed by atoms with Gasteiger partial charge in [-0.3, -0.25) is 23.9 Å². The smallest absolute Gasteiger partial charge is 0.462 e. The second-order valence-electron chi connectivity index (χ2n) is 7.75. The molecule has 1 aliphatic rings. The number of rotatable bonds is 10. The van der Waals surface area contributed by atoms with E-state index in [-0.39, 0.29) is 6.10 Å². The molecule has 4 N–H and O–H groups in total. The Morgan fingerprint density at radius 1 is 1.35 bits per heavy atom. The molecule has 2 rings (SSSR count). The highest BCUT2D eigenvalue weighted by atomic mass is 79.9. The lowest BCUT2D eigenvalue weighted by atomic mass is 10.1. The van der Waals surface area contributed by atoms with Crippen LogP contribution in [0.25, 0.3) is 0 Å². The summed E-state index contributed by atoms with van der Waals surface area (Å²) in [6.45, 7) is 5.77. The molecular weight excluding hydrogens is 563 g/mol. The van der Waals surface area contributed by atoms with Crippen LogP contribution in [0, 0.1) is 0 Å². The molecular formula is C18H26BrClN4O9P+. The first-order valence-electron chi connectivity index (χ1n) is 10.1. The average molecular weight is 589 g/mol. The normalized spacial score (nSPS) is 26.7. The number of halogens is 2. The van der Waals surface area contributed by atoms with E-state index in [1.165, 1.54) is 13.8 Å². The highest BCUT2D eigenvalue weighted by molar-refractivity contribution is 9.10. The van der Waals surface area contributed by atoms with Crippen molar-refractivity contribution in [3.05, 3.63) is 33.1 Å². The fourth-order valence-corrected chi connectivity index (χ4v) is 4.65. The number of hydrogen-bond acceptors (Lipinski definition) is 10. The monoisotopic (exact) mass is 587 g/mol. The number of nitrogens with one attached hydrogen (secondary N) is 2. The molecule has 34 heavy (non-hydrogen) atoms. The fraction of sp³-hybridized carbons (Fsp3) is 0.667. The lowest BCUT2D eigenvalue weighted by Crippen LogP contribution is -2.45. The van der Waals surface area contributed by atoms with Gasteiger partial charge in [-0.25, -0.2) is 4.79 Å². The van der Waals surface area contributed by atoms with Crippen molar-refractivity contribution in [3.63, 3.8) is 0 Å². The summed E-state index contributed by atoms with van der Waals surface area (Å²) in [5, 5.41) is 2.45. The maximum absolute atomic E-state index is 12.3. The van der Waals surface area contributed by atoms with Crippen LogP contribution in [0.5, 0.6) is 0 Å². The molecule has 0 saturated carbocycles. The van der Waals surface area contributed by atoms with Gasteiger partial charge in [-0.1, -0.05) is 32.6 Å². The number of nitrogens with two attached hydrogens (primary N) is 1. The maximum Gasteiger partial charge on any atom is 0.613 e. The number of alkyl halides is 2. The number of ether oxygens (including phenoxy) is 3. The first-order valence-corrected chi connectivity index (χ1v) is 12.5. The van der Waals surface area contributed by atoms with Gasteiger partial charge in [0.15, 0.2) is 16.1 Å². The van der Waals surface area contributed by atoms with Gasteiger partial charge in [-0.2, -0.15) is 0 Å². The van der Waals surface area contributed by atoms with Crippen LogP contribution in [0.3, 0.4) is 0 Å². The van der Waals surface area contributed by atoms with Gasteiger partial charge in [0.2, 0.25) is 0 Å².